The van der Waals surface area contributed by atoms with E-state index in [0.717, 1.165) is 10.5 Å². The third kappa shape index (κ3) is 0.792. The molecule has 0 radical (unpaired) electrons. The van der Waals surface area contributed by atoms with Gasteiger partial charge in [0.25, 0.3) is 0 Å². The summed E-state index contributed by atoms with van der Waals surface area (Å²) >= 11 is 5.76. The molecule has 0 saturated carbocycles. The van der Waals surface area contributed by atoms with E-state index >= 15 is 0 Å². The van der Waals surface area contributed by atoms with Crippen molar-refractivity contribution in [3.8, 4) is 0 Å². The van der Waals surface area contributed by atoms with Crippen LogP contribution in [0.4, 0.5) is 0 Å². The van der Waals surface area contributed by atoms with Crippen LogP contribution in [-0.2, 0) is 0 Å². The number of nitrogens with zero attached hydrogens (tertiary/aromatic N) is 1. The average Bonchev–Trinajstić information content (AvgIpc) is 2.27. The minimum absolute atomic E-state index is 0.784. The molecule has 2 aromatic heterocycles. The van der Waals surface area contributed by atoms with Crippen molar-refractivity contribution in [1.82, 2.24) is 4.40 Å². The number of hydrogen-bond acceptors (Lipinski definition) is 0. The first-order chi connectivity index (χ1) is 4.86. The lowest BCUT2D eigenvalue weighted by Crippen LogP contribution is -1.75. The second-order valence-corrected chi connectivity index (χ2v) is 2.63. The van der Waals surface area contributed by atoms with Gasteiger partial charge in [0.05, 0.1) is 5.02 Å². The highest BCUT2D eigenvalue weighted by Gasteiger charge is 1.92. The molecule has 2 heteroatoms. The summed E-state index contributed by atoms with van der Waals surface area (Å²) in [6.07, 6.45) is 3.86. The Bertz CT molecular complexity index is 318. The van der Waals surface area contributed by atoms with Gasteiger partial charge in [-0.2, -0.15) is 0 Å². The fourth-order valence-electron chi connectivity index (χ4n) is 1.02. The zero-order chi connectivity index (χ0) is 6.97. The fraction of sp³-hybridized carbons (Fsp3) is 0. The maximum Gasteiger partial charge on any atom is 0.0592 e. The van der Waals surface area contributed by atoms with E-state index in [9.17, 15) is 0 Å². The van der Waals surface area contributed by atoms with E-state index in [4.69, 9.17) is 11.6 Å². The molecule has 2 aromatic rings. The lowest BCUT2D eigenvalue weighted by atomic mass is 10.4. The molecule has 0 fully saturated rings. The maximum absolute atomic E-state index is 5.76. The Morgan fingerprint density at radius 2 is 2.20 bits per heavy atom. The van der Waals surface area contributed by atoms with Crippen LogP contribution in [0.15, 0.2) is 36.7 Å². The van der Waals surface area contributed by atoms with Gasteiger partial charge in [0.1, 0.15) is 0 Å². The summed E-state index contributed by atoms with van der Waals surface area (Å²) in [6, 6.07) is 7.92. The highest BCUT2D eigenvalue weighted by molar-refractivity contribution is 6.31. The van der Waals surface area contributed by atoms with Gasteiger partial charge in [-0.3, -0.25) is 0 Å². The number of hydrogen-bond donors (Lipinski definition) is 0. The van der Waals surface area contributed by atoms with Crippen molar-refractivity contribution >= 4 is 17.1 Å². The minimum Gasteiger partial charge on any atom is -0.322 e. The van der Waals surface area contributed by atoms with E-state index in [1.54, 1.807) is 0 Å². The van der Waals surface area contributed by atoms with Crippen LogP contribution >= 0.6 is 11.6 Å². The van der Waals surface area contributed by atoms with Crippen molar-refractivity contribution in [2.24, 2.45) is 0 Å². The number of halogens is 1. The first kappa shape index (κ1) is 5.81. The van der Waals surface area contributed by atoms with Crippen molar-refractivity contribution in [1.29, 1.82) is 0 Å². The second kappa shape index (κ2) is 2.03. The highest BCUT2D eigenvalue weighted by atomic mass is 35.5. The first-order valence-electron chi connectivity index (χ1n) is 3.08. The van der Waals surface area contributed by atoms with Gasteiger partial charge in [-0.05, 0) is 18.2 Å². The first-order valence-corrected chi connectivity index (χ1v) is 3.46. The van der Waals surface area contributed by atoms with Crippen LogP contribution in [0.25, 0.3) is 5.52 Å². The standard InChI is InChI=1S/C8H6ClN/c9-7-5-8-3-1-2-4-10(8)6-7/h1-6H. The summed E-state index contributed by atoms with van der Waals surface area (Å²) in [5.74, 6) is 0. The maximum atomic E-state index is 5.76. The van der Waals surface area contributed by atoms with Gasteiger partial charge in [-0.1, -0.05) is 17.7 Å². The summed E-state index contributed by atoms with van der Waals surface area (Å²) in [5.41, 5.74) is 1.13. The van der Waals surface area contributed by atoms with Crippen LogP contribution in [-0.4, -0.2) is 4.40 Å². The van der Waals surface area contributed by atoms with Crippen molar-refractivity contribution in [3.05, 3.63) is 41.7 Å². The molecule has 0 aliphatic heterocycles. The Morgan fingerprint density at radius 3 is 3.00 bits per heavy atom. The zero-order valence-electron chi connectivity index (χ0n) is 5.29. The van der Waals surface area contributed by atoms with E-state index in [2.05, 4.69) is 0 Å². The molecule has 0 bridgehead atoms. The molecular formula is C8H6ClN. The summed E-state index contributed by atoms with van der Waals surface area (Å²) in [6.45, 7) is 0. The van der Waals surface area contributed by atoms with Crippen LogP contribution in [0.1, 0.15) is 0 Å². The molecule has 0 aliphatic carbocycles. The Labute approximate surface area is 63.9 Å². The normalized spacial score (nSPS) is 10.5. The molecule has 2 heterocycles. The van der Waals surface area contributed by atoms with E-state index < -0.39 is 0 Å². The molecule has 0 unspecified atom stereocenters. The van der Waals surface area contributed by atoms with Crippen molar-refractivity contribution in [3.63, 3.8) is 0 Å². The molecule has 0 saturated heterocycles. The number of fused-ring (bicyclic) bond motifs is 1. The van der Waals surface area contributed by atoms with Crippen molar-refractivity contribution in [2.75, 3.05) is 0 Å². The van der Waals surface area contributed by atoms with Crippen LogP contribution < -0.4 is 0 Å². The molecular weight excluding hydrogens is 146 g/mol. The fourth-order valence-corrected chi connectivity index (χ4v) is 1.24. The molecule has 0 spiro atoms. The van der Waals surface area contributed by atoms with Gasteiger partial charge >= 0.3 is 0 Å². The lowest BCUT2D eigenvalue weighted by Gasteiger charge is -1.88. The summed E-state index contributed by atoms with van der Waals surface area (Å²) in [5, 5.41) is 0.784. The molecule has 0 aromatic carbocycles. The monoisotopic (exact) mass is 151 g/mol. The number of rotatable bonds is 0. The van der Waals surface area contributed by atoms with Crippen LogP contribution in [0.2, 0.25) is 5.02 Å². The zero-order valence-corrected chi connectivity index (χ0v) is 6.05. The Kier molecular flexibility index (Phi) is 1.18. The van der Waals surface area contributed by atoms with Crippen LogP contribution in [0.3, 0.4) is 0 Å². The van der Waals surface area contributed by atoms with Crippen molar-refractivity contribution < 1.29 is 0 Å². The largest absolute Gasteiger partial charge is 0.322 e. The van der Waals surface area contributed by atoms with Gasteiger partial charge in [0.2, 0.25) is 0 Å². The highest BCUT2D eigenvalue weighted by Crippen LogP contribution is 2.13. The molecule has 50 valence electrons. The van der Waals surface area contributed by atoms with Crippen LogP contribution in [0.5, 0.6) is 0 Å². The second-order valence-electron chi connectivity index (χ2n) is 2.19. The predicted molar refractivity (Wildman–Crippen MR) is 42.4 cm³/mol. The van der Waals surface area contributed by atoms with Gasteiger partial charge in [0, 0.05) is 17.9 Å². The predicted octanol–water partition coefficient (Wildman–Crippen LogP) is 2.59. The minimum atomic E-state index is 0.784. The van der Waals surface area contributed by atoms with Crippen molar-refractivity contribution in [2.45, 2.75) is 0 Å². The van der Waals surface area contributed by atoms with Gasteiger partial charge in [-0.15, -0.1) is 0 Å². The van der Waals surface area contributed by atoms with Gasteiger partial charge in [-0.25, -0.2) is 0 Å². The number of aromatic nitrogens is 1. The Balaban J connectivity index is 2.88. The Hall–Kier alpha value is -0.950. The lowest BCUT2D eigenvalue weighted by molar-refractivity contribution is 1.20. The van der Waals surface area contributed by atoms with Gasteiger partial charge in [0.15, 0.2) is 0 Å². The molecule has 0 N–H and O–H groups in total. The smallest absolute Gasteiger partial charge is 0.0592 e. The van der Waals surface area contributed by atoms with E-state index in [0.29, 0.717) is 0 Å². The molecule has 0 amide bonds. The summed E-state index contributed by atoms with van der Waals surface area (Å²) in [7, 11) is 0. The van der Waals surface area contributed by atoms with E-state index in [1.165, 1.54) is 0 Å². The topological polar surface area (TPSA) is 4.41 Å². The quantitative estimate of drug-likeness (QED) is 0.545. The third-order valence-corrected chi connectivity index (χ3v) is 1.68. The Morgan fingerprint density at radius 1 is 1.30 bits per heavy atom. The molecule has 0 aliphatic rings. The molecule has 0 atom stereocenters. The number of pyridine rings is 1. The molecule has 10 heavy (non-hydrogen) atoms. The van der Waals surface area contributed by atoms with Crippen LogP contribution in [0, 0.1) is 0 Å². The molecule has 2 rings (SSSR count). The third-order valence-electron chi connectivity index (χ3n) is 1.47. The van der Waals surface area contributed by atoms with Gasteiger partial charge < -0.3 is 4.40 Å². The van der Waals surface area contributed by atoms with E-state index in [1.807, 2.05) is 41.1 Å². The average molecular weight is 152 g/mol. The van der Waals surface area contributed by atoms with E-state index in [-0.39, 0.29) is 0 Å². The SMILES string of the molecule is Clc1cc2ccccn2c1. The summed E-state index contributed by atoms with van der Waals surface area (Å²) < 4.78 is 1.99. The summed E-state index contributed by atoms with van der Waals surface area (Å²) in [4.78, 5) is 0. The molecule has 1 nitrogen and oxygen atoms in total.